The van der Waals surface area contributed by atoms with Crippen molar-refractivity contribution in [2.75, 3.05) is 17.2 Å². The van der Waals surface area contributed by atoms with Gasteiger partial charge in [-0.3, -0.25) is 4.79 Å². The third-order valence-electron chi connectivity index (χ3n) is 7.34. The lowest BCUT2D eigenvalue weighted by Crippen LogP contribution is -2.61. The van der Waals surface area contributed by atoms with Crippen LogP contribution in [0.25, 0.3) is 0 Å². The highest BCUT2D eigenvalue weighted by Gasteiger charge is 2.57. The monoisotopic (exact) mass is 398 g/mol. The number of hydrogen-bond acceptors (Lipinski definition) is 5. The molecule has 29 heavy (non-hydrogen) atoms. The normalized spacial score (nSPS) is 25.3. The first-order valence-corrected chi connectivity index (χ1v) is 11.4. The molecule has 0 spiro atoms. The zero-order chi connectivity index (χ0) is 20.4. The van der Waals surface area contributed by atoms with Crippen LogP contribution in [0.1, 0.15) is 71.1 Å². The van der Waals surface area contributed by atoms with E-state index in [1.165, 1.54) is 25.7 Å². The summed E-state index contributed by atoms with van der Waals surface area (Å²) in [6.45, 7) is 2.67. The number of ether oxygens (including phenoxy) is 1. The number of nitrogen functional groups attached to an aromatic ring is 1. The molecule has 3 aliphatic rings. The molecule has 5 nitrogen and oxygen atoms in total. The molecule has 0 bridgehead atoms. The minimum absolute atomic E-state index is 0.0240. The molecule has 0 amide bonds. The van der Waals surface area contributed by atoms with Crippen molar-refractivity contribution in [1.82, 2.24) is 0 Å². The maximum Gasteiger partial charge on any atom is 0.337 e. The van der Waals surface area contributed by atoms with Crippen LogP contribution in [0.3, 0.4) is 0 Å². The molecule has 1 aliphatic heterocycles. The Morgan fingerprint density at radius 3 is 2.21 bits per heavy atom. The van der Waals surface area contributed by atoms with Crippen molar-refractivity contribution < 1.29 is 14.3 Å². The Morgan fingerprint density at radius 1 is 1.07 bits per heavy atom. The van der Waals surface area contributed by atoms with Gasteiger partial charge in [-0.15, -0.1) is 0 Å². The summed E-state index contributed by atoms with van der Waals surface area (Å²) >= 11 is 0. The Hall–Kier alpha value is -2.04. The van der Waals surface area contributed by atoms with Crippen molar-refractivity contribution in [3.8, 4) is 0 Å². The quantitative estimate of drug-likeness (QED) is 0.434. The molecule has 0 radical (unpaired) electrons. The molecule has 5 heteroatoms. The first-order chi connectivity index (χ1) is 14.0. The second-order valence-corrected chi connectivity index (χ2v) is 9.17. The number of nitrogens with zero attached hydrogens (tertiary/aromatic N) is 1. The van der Waals surface area contributed by atoms with Gasteiger partial charge in [0, 0.05) is 24.3 Å². The van der Waals surface area contributed by atoms with Crippen LogP contribution in [0.5, 0.6) is 0 Å². The van der Waals surface area contributed by atoms with Crippen molar-refractivity contribution in [3.05, 3.63) is 24.3 Å². The Balaban J connectivity index is 1.64. The van der Waals surface area contributed by atoms with E-state index in [-0.39, 0.29) is 11.8 Å². The van der Waals surface area contributed by atoms with Crippen LogP contribution in [0.4, 0.5) is 11.4 Å². The van der Waals surface area contributed by atoms with Crippen LogP contribution in [0, 0.1) is 11.8 Å². The number of benzene rings is 1. The number of anilines is 2. The smallest absolute Gasteiger partial charge is 0.337 e. The van der Waals surface area contributed by atoms with Crippen molar-refractivity contribution >= 4 is 23.1 Å². The summed E-state index contributed by atoms with van der Waals surface area (Å²) in [5, 5.41) is 0. The number of cyclic esters (lactones) is 1. The van der Waals surface area contributed by atoms with Gasteiger partial charge in [-0.2, -0.15) is 0 Å². The Labute approximate surface area is 174 Å². The summed E-state index contributed by atoms with van der Waals surface area (Å²) < 4.78 is 6.37. The molecule has 1 aromatic rings. The lowest BCUT2D eigenvalue weighted by molar-refractivity contribution is -0.189. The van der Waals surface area contributed by atoms with E-state index in [1.807, 2.05) is 29.2 Å². The molecule has 3 fully saturated rings. The molecule has 1 aromatic carbocycles. The highest BCUT2D eigenvalue weighted by atomic mass is 16.6. The number of hydrogen-bond donors (Lipinski definition) is 1. The number of carbonyl (C=O) groups is 2. The van der Waals surface area contributed by atoms with E-state index >= 15 is 0 Å². The van der Waals surface area contributed by atoms with Crippen LogP contribution >= 0.6 is 0 Å². The summed E-state index contributed by atoms with van der Waals surface area (Å²) in [6, 6.07) is 6.59. The summed E-state index contributed by atoms with van der Waals surface area (Å²) in [7, 11) is 0. The molecular weight excluding hydrogens is 364 g/mol. The number of esters is 1. The van der Waals surface area contributed by atoms with Crippen molar-refractivity contribution in [3.63, 3.8) is 0 Å². The predicted octanol–water partition coefficient (Wildman–Crippen LogP) is 4.49. The van der Waals surface area contributed by atoms with Crippen LogP contribution in [0.2, 0.25) is 0 Å². The van der Waals surface area contributed by atoms with E-state index in [1.54, 1.807) is 0 Å². The van der Waals surface area contributed by atoms with Gasteiger partial charge in [-0.05, 0) is 62.1 Å². The van der Waals surface area contributed by atoms with Gasteiger partial charge < -0.3 is 15.4 Å². The summed E-state index contributed by atoms with van der Waals surface area (Å²) in [4.78, 5) is 28.8. The Kier molecular flexibility index (Phi) is 5.84. The van der Waals surface area contributed by atoms with Crippen LogP contribution in [0.15, 0.2) is 24.3 Å². The van der Waals surface area contributed by atoms with Gasteiger partial charge in [0.1, 0.15) is 5.60 Å². The molecule has 1 atom stereocenters. The molecule has 1 unspecified atom stereocenters. The van der Waals surface area contributed by atoms with Gasteiger partial charge in [0.25, 0.3) is 0 Å². The number of rotatable bonds is 6. The zero-order valence-electron chi connectivity index (χ0n) is 17.6. The molecule has 158 valence electrons. The first kappa shape index (κ1) is 20.2. The molecule has 2 aliphatic carbocycles. The van der Waals surface area contributed by atoms with Gasteiger partial charge in [-0.1, -0.05) is 38.7 Å². The van der Waals surface area contributed by atoms with E-state index in [4.69, 9.17) is 10.5 Å². The van der Waals surface area contributed by atoms with E-state index in [9.17, 15) is 9.59 Å². The van der Waals surface area contributed by atoms with Crippen molar-refractivity contribution in [1.29, 1.82) is 0 Å². The number of ketones is 1. The Morgan fingerprint density at radius 2 is 1.69 bits per heavy atom. The lowest BCUT2D eigenvalue weighted by atomic mass is 9.69. The van der Waals surface area contributed by atoms with Gasteiger partial charge in [0.05, 0.1) is 0 Å². The van der Waals surface area contributed by atoms with Crippen LogP contribution < -0.4 is 10.6 Å². The fourth-order valence-electron chi connectivity index (χ4n) is 6.05. The van der Waals surface area contributed by atoms with Crippen molar-refractivity contribution in [2.24, 2.45) is 11.8 Å². The van der Waals surface area contributed by atoms with E-state index in [0.717, 1.165) is 37.8 Å². The highest BCUT2D eigenvalue weighted by Crippen LogP contribution is 2.50. The van der Waals surface area contributed by atoms with E-state index < -0.39 is 11.6 Å². The second kappa shape index (κ2) is 8.37. The standard InChI is InChI=1S/C24H34N2O3/c1-2-14-26(20-13-7-12-19(25)15-20)22-21(27)16-24(29-23(22)28,17-8-3-4-9-17)18-10-5-6-11-18/h7,12-13,15,17-18,22H,2-6,8-11,14,16,25H2,1H3. The maximum absolute atomic E-state index is 13.5. The number of Topliss-reactive ketones (excluding diaryl/α,β-unsaturated/α-hetero) is 1. The van der Waals surface area contributed by atoms with Gasteiger partial charge >= 0.3 is 5.97 Å². The summed E-state index contributed by atoms with van der Waals surface area (Å²) in [5.74, 6) is 0.352. The first-order valence-electron chi connectivity index (χ1n) is 11.4. The molecular formula is C24H34N2O3. The maximum atomic E-state index is 13.5. The minimum atomic E-state index is -0.854. The third-order valence-corrected chi connectivity index (χ3v) is 7.34. The minimum Gasteiger partial charge on any atom is -0.456 e. The predicted molar refractivity (Wildman–Crippen MR) is 115 cm³/mol. The van der Waals surface area contributed by atoms with Crippen LogP contribution in [-0.4, -0.2) is 29.9 Å². The van der Waals surface area contributed by atoms with Gasteiger partial charge in [-0.25, -0.2) is 4.79 Å². The van der Waals surface area contributed by atoms with Crippen LogP contribution in [-0.2, 0) is 14.3 Å². The molecule has 4 rings (SSSR count). The molecule has 1 saturated heterocycles. The van der Waals surface area contributed by atoms with Gasteiger partial charge in [0.2, 0.25) is 0 Å². The SMILES string of the molecule is CCCN(c1cccc(N)c1)C1C(=O)CC(C2CCCC2)(C2CCCC2)OC1=O. The fraction of sp³-hybridized carbons (Fsp3) is 0.667. The molecule has 2 N–H and O–H groups in total. The zero-order valence-corrected chi connectivity index (χ0v) is 17.6. The van der Waals surface area contributed by atoms with Gasteiger partial charge in [0.15, 0.2) is 11.8 Å². The largest absolute Gasteiger partial charge is 0.456 e. The average molecular weight is 399 g/mol. The molecule has 1 heterocycles. The van der Waals surface area contributed by atoms with Crippen molar-refractivity contribution in [2.45, 2.75) is 82.8 Å². The fourth-order valence-corrected chi connectivity index (χ4v) is 6.05. The second-order valence-electron chi connectivity index (χ2n) is 9.17. The molecule has 2 saturated carbocycles. The Bertz CT molecular complexity index is 714. The van der Waals surface area contributed by atoms with E-state index in [0.29, 0.717) is 30.5 Å². The summed E-state index contributed by atoms with van der Waals surface area (Å²) in [6.07, 6.45) is 10.2. The number of carbonyl (C=O) groups excluding carboxylic acids is 2. The molecule has 0 aromatic heterocycles. The summed E-state index contributed by atoms with van der Waals surface area (Å²) in [5.41, 5.74) is 6.86. The third kappa shape index (κ3) is 3.76. The highest BCUT2D eigenvalue weighted by molar-refractivity contribution is 6.08. The lowest BCUT2D eigenvalue weighted by Gasteiger charge is -2.48. The topological polar surface area (TPSA) is 72.6 Å². The number of nitrogens with two attached hydrogens (primary N) is 1. The average Bonchev–Trinajstić information content (AvgIpc) is 3.41. The van der Waals surface area contributed by atoms with E-state index in [2.05, 4.69) is 6.92 Å².